The number of nitrogens with zero attached hydrogens (tertiary/aromatic N) is 1. The topological polar surface area (TPSA) is 84.9 Å². The van der Waals surface area contributed by atoms with Crippen LogP contribution in [0, 0.1) is 5.92 Å². The van der Waals surface area contributed by atoms with Gasteiger partial charge >= 0.3 is 12.1 Å². The van der Waals surface area contributed by atoms with E-state index in [2.05, 4.69) is 12.2 Å². The Kier molecular flexibility index (Phi) is 6.82. The Hall–Kier alpha value is -2.57. The minimum atomic E-state index is -0.618. The molecule has 0 aromatic heterocycles. The van der Waals surface area contributed by atoms with Crippen molar-refractivity contribution in [3.05, 3.63) is 29.8 Å². The Labute approximate surface area is 160 Å². The summed E-state index contributed by atoms with van der Waals surface area (Å²) < 4.78 is 10.3. The van der Waals surface area contributed by atoms with E-state index in [1.165, 1.54) is 6.07 Å². The summed E-state index contributed by atoms with van der Waals surface area (Å²) in [7, 11) is 0. The molecular formula is C20H28N2O5. The molecule has 0 radical (unpaired) electrons. The standard InChI is InChI=1S/C20H28N2O5/c1-14-7-6-10-22(12-14)17(23)13-26-18(24)15-8-5-9-16(11-15)21-19(25)27-20(2,3)4/h5,8-9,11,14H,6-7,10,12-13H2,1-4H3,(H,21,25)/t14-/m1/s1. The second-order valence-corrected chi connectivity index (χ2v) is 7.87. The molecule has 1 aromatic rings. The average molecular weight is 376 g/mol. The monoisotopic (exact) mass is 376 g/mol. The number of hydrogen-bond donors (Lipinski definition) is 1. The lowest BCUT2D eigenvalue weighted by Crippen LogP contribution is -2.41. The van der Waals surface area contributed by atoms with Crippen LogP contribution in [0.1, 0.15) is 50.9 Å². The number of hydrogen-bond acceptors (Lipinski definition) is 5. The number of ether oxygens (including phenoxy) is 2. The Morgan fingerprint density at radius 3 is 2.67 bits per heavy atom. The second-order valence-electron chi connectivity index (χ2n) is 7.87. The van der Waals surface area contributed by atoms with Crippen molar-refractivity contribution in [1.29, 1.82) is 0 Å². The minimum Gasteiger partial charge on any atom is -0.452 e. The number of amides is 2. The van der Waals surface area contributed by atoms with Crippen LogP contribution in [0.15, 0.2) is 24.3 Å². The third kappa shape index (κ3) is 6.92. The first kappa shape index (κ1) is 20.7. The highest BCUT2D eigenvalue weighted by Crippen LogP contribution is 2.17. The molecule has 1 N–H and O–H groups in total. The van der Waals surface area contributed by atoms with Gasteiger partial charge < -0.3 is 14.4 Å². The number of esters is 1. The molecule has 0 aliphatic carbocycles. The maximum absolute atomic E-state index is 12.2. The van der Waals surface area contributed by atoms with Crippen LogP contribution in [0.3, 0.4) is 0 Å². The van der Waals surface area contributed by atoms with Crippen molar-refractivity contribution in [1.82, 2.24) is 4.90 Å². The number of piperidine rings is 1. The van der Waals surface area contributed by atoms with Crippen LogP contribution < -0.4 is 5.32 Å². The molecule has 7 heteroatoms. The van der Waals surface area contributed by atoms with Gasteiger partial charge in [0.05, 0.1) is 5.56 Å². The van der Waals surface area contributed by atoms with E-state index in [-0.39, 0.29) is 18.1 Å². The van der Waals surface area contributed by atoms with Crippen molar-refractivity contribution in [3.63, 3.8) is 0 Å². The highest BCUT2D eigenvalue weighted by molar-refractivity contribution is 5.93. The molecule has 2 rings (SSSR count). The fraction of sp³-hybridized carbons (Fsp3) is 0.550. The summed E-state index contributed by atoms with van der Waals surface area (Å²) in [4.78, 5) is 38.0. The molecule has 1 atom stereocenters. The van der Waals surface area contributed by atoms with Crippen LogP contribution >= 0.6 is 0 Å². The van der Waals surface area contributed by atoms with E-state index in [9.17, 15) is 14.4 Å². The van der Waals surface area contributed by atoms with Crippen molar-refractivity contribution in [2.24, 2.45) is 5.92 Å². The maximum Gasteiger partial charge on any atom is 0.412 e. The normalized spacial score (nSPS) is 17.2. The Morgan fingerprint density at radius 2 is 2.00 bits per heavy atom. The quantitative estimate of drug-likeness (QED) is 0.814. The molecule has 0 spiro atoms. The summed E-state index contributed by atoms with van der Waals surface area (Å²) in [5.41, 5.74) is 0.0469. The highest BCUT2D eigenvalue weighted by Gasteiger charge is 2.22. The number of carbonyl (C=O) groups excluding carboxylic acids is 3. The van der Waals surface area contributed by atoms with E-state index >= 15 is 0 Å². The summed E-state index contributed by atoms with van der Waals surface area (Å²) >= 11 is 0. The van der Waals surface area contributed by atoms with Gasteiger partial charge in [-0.3, -0.25) is 10.1 Å². The predicted octanol–water partition coefficient (Wildman–Crippen LogP) is 3.45. The third-order valence-electron chi connectivity index (χ3n) is 4.08. The smallest absolute Gasteiger partial charge is 0.412 e. The van der Waals surface area contributed by atoms with E-state index in [0.717, 1.165) is 12.8 Å². The average Bonchev–Trinajstić information content (AvgIpc) is 2.57. The highest BCUT2D eigenvalue weighted by atomic mass is 16.6. The van der Waals surface area contributed by atoms with Gasteiger partial charge in [-0.25, -0.2) is 9.59 Å². The lowest BCUT2D eigenvalue weighted by molar-refractivity contribution is -0.136. The van der Waals surface area contributed by atoms with Gasteiger partial charge in [0.2, 0.25) is 0 Å². The van der Waals surface area contributed by atoms with Crippen molar-refractivity contribution < 1.29 is 23.9 Å². The molecular weight excluding hydrogens is 348 g/mol. The molecule has 1 saturated heterocycles. The Bertz CT molecular complexity index is 696. The summed E-state index contributed by atoms with van der Waals surface area (Å²) in [6.45, 7) is 8.52. The van der Waals surface area contributed by atoms with Gasteiger partial charge in [0.25, 0.3) is 5.91 Å². The maximum atomic E-state index is 12.2. The van der Waals surface area contributed by atoms with Crippen molar-refractivity contribution >= 4 is 23.7 Å². The first-order valence-corrected chi connectivity index (χ1v) is 9.19. The zero-order chi connectivity index (χ0) is 20.0. The van der Waals surface area contributed by atoms with Crippen LogP contribution in [-0.4, -0.2) is 48.2 Å². The fourth-order valence-electron chi connectivity index (χ4n) is 2.86. The van der Waals surface area contributed by atoms with E-state index in [1.807, 2.05) is 0 Å². The Balaban J connectivity index is 1.89. The van der Waals surface area contributed by atoms with Gasteiger partial charge in [-0.2, -0.15) is 0 Å². The number of nitrogens with one attached hydrogen (secondary N) is 1. The molecule has 148 valence electrons. The van der Waals surface area contributed by atoms with Crippen molar-refractivity contribution in [2.45, 2.75) is 46.1 Å². The third-order valence-corrected chi connectivity index (χ3v) is 4.08. The molecule has 2 amide bonds. The van der Waals surface area contributed by atoms with Crippen molar-refractivity contribution in [3.8, 4) is 0 Å². The molecule has 1 heterocycles. The lowest BCUT2D eigenvalue weighted by atomic mass is 10.0. The SMILES string of the molecule is C[C@@H]1CCCN(C(=O)COC(=O)c2cccc(NC(=O)OC(C)(C)C)c2)C1. The van der Waals surface area contributed by atoms with E-state index < -0.39 is 17.7 Å². The molecule has 1 aromatic carbocycles. The van der Waals surface area contributed by atoms with Crippen LogP contribution in [0.2, 0.25) is 0 Å². The molecule has 1 aliphatic heterocycles. The van der Waals surface area contributed by atoms with Gasteiger partial charge in [0.15, 0.2) is 6.61 Å². The van der Waals surface area contributed by atoms with Crippen LogP contribution in [-0.2, 0) is 14.3 Å². The van der Waals surface area contributed by atoms with Crippen LogP contribution in [0.5, 0.6) is 0 Å². The molecule has 27 heavy (non-hydrogen) atoms. The number of carbonyl (C=O) groups is 3. The van der Waals surface area contributed by atoms with E-state index in [0.29, 0.717) is 24.7 Å². The summed E-state index contributed by atoms with van der Waals surface area (Å²) in [5, 5.41) is 2.57. The first-order valence-electron chi connectivity index (χ1n) is 9.19. The molecule has 0 unspecified atom stereocenters. The van der Waals surface area contributed by atoms with Gasteiger partial charge in [-0.1, -0.05) is 13.0 Å². The molecule has 0 bridgehead atoms. The van der Waals surface area contributed by atoms with Crippen LogP contribution in [0.25, 0.3) is 0 Å². The number of anilines is 1. The number of benzene rings is 1. The van der Waals surface area contributed by atoms with Gasteiger partial charge in [-0.05, 0) is 57.7 Å². The zero-order valence-corrected chi connectivity index (χ0v) is 16.4. The Morgan fingerprint density at radius 1 is 1.26 bits per heavy atom. The molecule has 0 saturated carbocycles. The largest absolute Gasteiger partial charge is 0.452 e. The molecule has 1 fully saturated rings. The van der Waals surface area contributed by atoms with Gasteiger partial charge in [0.1, 0.15) is 5.60 Å². The van der Waals surface area contributed by atoms with E-state index in [1.54, 1.807) is 43.9 Å². The van der Waals surface area contributed by atoms with Gasteiger partial charge in [-0.15, -0.1) is 0 Å². The predicted molar refractivity (Wildman–Crippen MR) is 102 cm³/mol. The van der Waals surface area contributed by atoms with Crippen molar-refractivity contribution in [2.75, 3.05) is 25.0 Å². The number of rotatable bonds is 4. The summed E-state index contributed by atoms with van der Waals surface area (Å²) in [5.74, 6) is -0.326. The van der Waals surface area contributed by atoms with Gasteiger partial charge in [0, 0.05) is 18.8 Å². The summed E-state index contributed by atoms with van der Waals surface area (Å²) in [6.07, 6.45) is 1.47. The fourth-order valence-corrected chi connectivity index (χ4v) is 2.86. The van der Waals surface area contributed by atoms with E-state index in [4.69, 9.17) is 9.47 Å². The summed E-state index contributed by atoms with van der Waals surface area (Å²) in [6, 6.07) is 6.31. The lowest BCUT2D eigenvalue weighted by Gasteiger charge is -2.30. The molecule has 7 nitrogen and oxygen atoms in total. The molecule has 1 aliphatic rings. The first-order chi connectivity index (χ1) is 12.6. The number of likely N-dealkylation sites (tertiary alicyclic amines) is 1. The van der Waals surface area contributed by atoms with Crippen LogP contribution in [0.4, 0.5) is 10.5 Å². The minimum absolute atomic E-state index is 0.182. The zero-order valence-electron chi connectivity index (χ0n) is 16.4. The second kappa shape index (κ2) is 8.88.